The van der Waals surface area contributed by atoms with Crippen LogP contribution >= 0.6 is 0 Å². The molecule has 0 aromatic heterocycles. The predicted molar refractivity (Wildman–Crippen MR) is 132 cm³/mol. The zero-order valence-corrected chi connectivity index (χ0v) is 21.4. The third-order valence-corrected chi connectivity index (χ3v) is 8.86. The van der Waals surface area contributed by atoms with Crippen molar-refractivity contribution in [1.82, 2.24) is 14.7 Å². The molecule has 2 unspecified atom stereocenters. The van der Waals surface area contributed by atoms with Crippen molar-refractivity contribution in [1.29, 1.82) is 0 Å². The third kappa shape index (κ3) is 3.93. The van der Waals surface area contributed by atoms with E-state index >= 15 is 0 Å². The van der Waals surface area contributed by atoms with E-state index in [-0.39, 0.29) is 30.4 Å². The Labute approximate surface area is 208 Å². The summed E-state index contributed by atoms with van der Waals surface area (Å²) in [4.78, 5) is 47.0. The van der Waals surface area contributed by atoms with Crippen molar-refractivity contribution < 1.29 is 24.2 Å². The van der Waals surface area contributed by atoms with E-state index < -0.39 is 35.1 Å². The van der Waals surface area contributed by atoms with Crippen LogP contribution in [0.2, 0.25) is 0 Å². The van der Waals surface area contributed by atoms with Gasteiger partial charge in [-0.15, -0.1) is 13.2 Å². The number of hydrogen-bond donors (Lipinski definition) is 1. The molecule has 8 nitrogen and oxygen atoms in total. The van der Waals surface area contributed by atoms with Gasteiger partial charge in [-0.25, -0.2) is 0 Å². The van der Waals surface area contributed by atoms with Gasteiger partial charge in [0.05, 0.1) is 30.1 Å². The molecule has 1 N–H and O–H groups in total. The van der Waals surface area contributed by atoms with Crippen LogP contribution in [0, 0.1) is 11.8 Å². The highest BCUT2D eigenvalue weighted by Gasteiger charge is 2.78. The number of hydrogen-bond acceptors (Lipinski definition) is 5. The molecule has 4 aliphatic rings. The van der Waals surface area contributed by atoms with Gasteiger partial charge in [-0.2, -0.15) is 0 Å². The average molecular weight is 488 g/mol. The summed E-state index contributed by atoms with van der Waals surface area (Å²) in [6, 6.07) is -1.34. The zero-order chi connectivity index (χ0) is 25.5. The molecule has 1 aliphatic carbocycles. The van der Waals surface area contributed by atoms with Gasteiger partial charge in [0.2, 0.25) is 17.7 Å². The van der Waals surface area contributed by atoms with E-state index in [4.69, 9.17) is 4.74 Å². The summed E-state index contributed by atoms with van der Waals surface area (Å²) in [5.41, 5.74) is -1.89. The number of aliphatic hydroxyl groups is 1. The number of likely N-dealkylation sites (N-methyl/N-ethyl adjacent to an activating group) is 1. The van der Waals surface area contributed by atoms with E-state index in [0.29, 0.717) is 25.9 Å². The van der Waals surface area contributed by atoms with Crippen LogP contribution in [-0.2, 0) is 19.1 Å². The molecule has 0 aromatic rings. The van der Waals surface area contributed by atoms with Gasteiger partial charge in [-0.05, 0) is 39.5 Å². The molecule has 6 atom stereocenters. The minimum Gasteiger partial charge on any atom is -0.394 e. The summed E-state index contributed by atoms with van der Waals surface area (Å²) in [5.74, 6) is -2.00. The van der Waals surface area contributed by atoms with Crippen molar-refractivity contribution in [2.75, 3.05) is 26.7 Å². The second kappa shape index (κ2) is 9.69. The summed E-state index contributed by atoms with van der Waals surface area (Å²) in [6.07, 6.45) is 9.69. The molecule has 4 fully saturated rings. The van der Waals surface area contributed by atoms with Crippen LogP contribution in [-0.4, -0.2) is 93.6 Å². The fourth-order valence-corrected chi connectivity index (χ4v) is 7.21. The summed E-state index contributed by atoms with van der Waals surface area (Å²) in [7, 11) is 1.71. The highest BCUT2D eigenvalue weighted by Crippen LogP contribution is 2.63. The monoisotopic (exact) mass is 487 g/mol. The van der Waals surface area contributed by atoms with E-state index in [1.54, 1.807) is 31.0 Å². The number of carbonyl (C=O) groups is 3. The van der Waals surface area contributed by atoms with Crippen molar-refractivity contribution in [3.63, 3.8) is 0 Å². The minimum atomic E-state index is -1.07. The molecule has 0 radical (unpaired) electrons. The Bertz CT molecular complexity index is 886. The molecular formula is C27H41N3O5. The van der Waals surface area contributed by atoms with Crippen LogP contribution in [0.15, 0.2) is 25.3 Å². The molecular weight excluding hydrogens is 446 g/mol. The molecule has 3 saturated heterocycles. The Morgan fingerprint density at radius 1 is 1.17 bits per heavy atom. The van der Waals surface area contributed by atoms with Gasteiger partial charge in [0.15, 0.2) is 0 Å². The van der Waals surface area contributed by atoms with Gasteiger partial charge in [0.25, 0.3) is 0 Å². The Hall–Kier alpha value is -2.19. The number of fused-ring (bicyclic) bond motifs is 1. The highest BCUT2D eigenvalue weighted by molar-refractivity contribution is 5.99. The van der Waals surface area contributed by atoms with Crippen molar-refractivity contribution in [2.24, 2.45) is 11.8 Å². The van der Waals surface area contributed by atoms with Crippen molar-refractivity contribution in [3.05, 3.63) is 25.3 Å². The normalized spacial score (nSPS) is 35.0. The summed E-state index contributed by atoms with van der Waals surface area (Å²) >= 11 is 0. The Balaban J connectivity index is 1.77. The molecule has 3 aliphatic heterocycles. The molecule has 0 aromatic carbocycles. The van der Waals surface area contributed by atoms with Gasteiger partial charge in [0, 0.05) is 26.2 Å². The lowest BCUT2D eigenvalue weighted by atomic mass is 9.66. The number of likely N-dealkylation sites (tertiary alicyclic amines) is 1. The largest absolute Gasteiger partial charge is 0.394 e. The quantitative estimate of drug-likeness (QED) is 0.503. The van der Waals surface area contributed by atoms with E-state index in [1.165, 1.54) is 4.90 Å². The molecule has 3 heterocycles. The second-order valence-electron chi connectivity index (χ2n) is 11.1. The standard InChI is InChI=1S/C27H41N3O5/c1-6-15-28(5)23(32)20-21-24(33)30(18(3)17-31)22(27(21)14-13-26(20,4)35-27)25(34)29(16-7-2)19-11-9-8-10-12-19/h6-7,18-22,31H,1-2,8-17H2,3-5H3/t18-,20-,21+,22?,26+,27?/m1/s1. The average Bonchev–Trinajstić information content (AvgIpc) is 3.42. The van der Waals surface area contributed by atoms with E-state index in [2.05, 4.69) is 13.2 Å². The van der Waals surface area contributed by atoms with Gasteiger partial charge in [-0.1, -0.05) is 31.4 Å². The number of aliphatic hydroxyl groups excluding tert-OH is 1. The van der Waals surface area contributed by atoms with Crippen LogP contribution in [0.4, 0.5) is 0 Å². The van der Waals surface area contributed by atoms with Crippen LogP contribution in [0.3, 0.4) is 0 Å². The first-order valence-corrected chi connectivity index (χ1v) is 13.1. The van der Waals surface area contributed by atoms with Crippen LogP contribution < -0.4 is 0 Å². The van der Waals surface area contributed by atoms with Gasteiger partial charge in [0.1, 0.15) is 11.6 Å². The molecule has 3 amide bonds. The SMILES string of the molecule is C=CCN(C)C(=O)[C@H]1[C@H]2C(=O)N([C@H](C)CO)C(C(=O)N(CC=C)C3CCCCC3)C23CC[C@]1(C)O3. The third-order valence-electron chi connectivity index (χ3n) is 8.86. The van der Waals surface area contributed by atoms with Crippen molar-refractivity contribution in [3.8, 4) is 0 Å². The number of ether oxygens (including phenoxy) is 1. The zero-order valence-electron chi connectivity index (χ0n) is 21.4. The van der Waals surface area contributed by atoms with Crippen LogP contribution in [0.25, 0.3) is 0 Å². The summed E-state index contributed by atoms with van der Waals surface area (Å²) < 4.78 is 6.69. The maximum Gasteiger partial charge on any atom is 0.248 e. The number of nitrogens with zero attached hydrogens (tertiary/aromatic N) is 3. The Kier molecular flexibility index (Phi) is 7.17. The van der Waals surface area contributed by atoms with Gasteiger partial charge < -0.3 is 24.5 Å². The first-order chi connectivity index (χ1) is 16.7. The molecule has 4 rings (SSSR count). The smallest absolute Gasteiger partial charge is 0.248 e. The Morgan fingerprint density at radius 3 is 2.43 bits per heavy atom. The van der Waals surface area contributed by atoms with E-state index in [0.717, 1.165) is 32.1 Å². The molecule has 194 valence electrons. The number of carbonyl (C=O) groups excluding carboxylic acids is 3. The Morgan fingerprint density at radius 2 is 1.83 bits per heavy atom. The lowest BCUT2D eigenvalue weighted by Crippen LogP contribution is -2.60. The van der Waals surface area contributed by atoms with E-state index in [9.17, 15) is 19.5 Å². The number of rotatable bonds is 9. The van der Waals surface area contributed by atoms with Crippen LogP contribution in [0.5, 0.6) is 0 Å². The lowest BCUT2D eigenvalue weighted by molar-refractivity contribution is -0.157. The molecule has 2 bridgehead atoms. The maximum absolute atomic E-state index is 14.4. The fourth-order valence-electron chi connectivity index (χ4n) is 7.21. The highest BCUT2D eigenvalue weighted by atomic mass is 16.5. The fraction of sp³-hybridized carbons (Fsp3) is 0.741. The van der Waals surface area contributed by atoms with Crippen LogP contribution in [0.1, 0.15) is 58.8 Å². The first kappa shape index (κ1) is 25.9. The van der Waals surface area contributed by atoms with E-state index in [1.807, 2.05) is 11.8 Å². The molecule has 8 heteroatoms. The maximum atomic E-state index is 14.4. The molecule has 35 heavy (non-hydrogen) atoms. The predicted octanol–water partition coefficient (Wildman–Crippen LogP) is 2.12. The summed E-state index contributed by atoms with van der Waals surface area (Å²) in [5, 5.41) is 10.1. The first-order valence-electron chi connectivity index (χ1n) is 13.1. The summed E-state index contributed by atoms with van der Waals surface area (Å²) in [6.45, 7) is 11.8. The van der Waals surface area contributed by atoms with Gasteiger partial charge in [-0.3, -0.25) is 14.4 Å². The van der Waals surface area contributed by atoms with Gasteiger partial charge >= 0.3 is 0 Å². The van der Waals surface area contributed by atoms with Crippen molar-refractivity contribution >= 4 is 17.7 Å². The topological polar surface area (TPSA) is 90.4 Å². The lowest BCUT2D eigenvalue weighted by Gasteiger charge is -2.42. The molecule has 1 saturated carbocycles. The van der Waals surface area contributed by atoms with Crippen molar-refractivity contribution in [2.45, 2.75) is 88.1 Å². The molecule has 1 spiro atoms. The number of amides is 3. The second-order valence-corrected chi connectivity index (χ2v) is 11.1. The minimum absolute atomic E-state index is 0.0939.